The third-order valence-electron chi connectivity index (χ3n) is 6.08. The molecule has 4 aliphatic carbocycles. The van der Waals surface area contributed by atoms with Crippen molar-refractivity contribution in [3.8, 4) is 0 Å². The van der Waals surface area contributed by atoms with Gasteiger partial charge in [0.2, 0.25) is 5.91 Å². The lowest BCUT2D eigenvalue weighted by Gasteiger charge is -2.65. The van der Waals surface area contributed by atoms with Crippen LogP contribution in [0.2, 0.25) is 0 Å². The van der Waals surface area contributed by atoms with Crippen molar-refractivity contribution in [1.29, 1.82) is 0 Å². The molecule has 0 aromatic rings. The molecule has 4 fully saturated rings. The van der Waals surface area contributed by atoms with Crippen molar-refractivity contribution < 1.29 is 15.0 Å². The van der Waals surface area contributed by atoms with Gasteiger partial charge in [0.15, 0.2) is 0 Å². The molecule has 4 nitrogen and oxygen atoms in total. The maximum atomic E-state index is 12.3. The van der Waals surface area contributed by atoms with Crippen LogP contribution in [-0.2, 0) is 4.79 Å². The third-order valence-corrected chi connectivity index (χ3v) is 6.08. The molecule has 120 valence electrons. The molecule has 0 radical (unpaired) electrons. The van der Waals surface area contributed by atoms with Crippen molar-refractivity contribution >= 4 is 5.91 Å². The highest BCUT2D eigenvalue weighted by Crippen LogP contribution is 2.70. The summed E-state index contributed by atoms with van der Waals surface area (Å²) in [6, 6.07) is -0.516. The standard InChI is InChI=1S/C17H29NO3/c1-15-3-12-4-16(2,9-15)11-17(5-12,10-15)6-14(21)18-13(7-19)8-20/h12-13,19-20H,3-11H2,1-2H3,(H,18,21). The van der Waals surface area contributed by atoms with Gasteiger partial charge in [-0.15, -0.1) is 0 Å². The zero-order chi connectivity index (χ0) is 15.3. The van der Waals surface area contributed by atoms with Crippen molar-refractivity contribution in [2.45, 2.75) is 64.8 Å². The summed E-state index contributed by atoms with van der Waals surface area (Å²) in [5, 5.41) is 21.0. The molecule has 2 atom stereocenters. The van der Waals surface area contributed by atoms with Crippen LogP contribution in [0.4, 0.5) is 0 Å². The first kappa shape index (κ1) is 15.3. The van der Waals surface area contributed by atoms with Crippen LogP contribution in [0.1, 0.15) is 58.8 Å². The quantitative estimate of drug-likeness (QED) is 0.725. The zero-order valence-corrected chi connectivity index (χ0v) is 13.3. The minimum absolute atomic E-state index is 0.00255. The molecule has 4 aliphatic rings. The lowest BCUT2D eigenvalue weighted by atomic mass is 9.40. The maximum absolute atomic E-state index is 12.3. The van der Waals surface area contributed by atoms with Crippen molar-refractivity contribution in [3.05, 3.63) is 0 Å². The number of aliphatic hydroxyl groups is 2. The molecular formula is C17H29NO3. The molecule has 4 saturated carbocycles. The Balaban J connectivity index is 1.71. The molecule has 4 rings (SSSR count). The molecule has 0 saturated heterocycles. The molecule has 0 spiro atoms. The second kappa shape index (κ2) is 4.95. The number of rotatable bonds is 5. The summed E-state index contributed by atoms with van der Waals surface area (Å²) in [7, 11) is 0. The van der Waals surface area contributed by atoms with Gasteiger partial charge in [0.05, 0.1) is 19.3 Å². The Morgan fingerprint density at radius 2 is 1.67 bits per heavy atom. The van der Waals surface area contributed by atoms with E-state index < -0.39 is 6.04 Å². The Labute approximate surface area is 127 Å². The van der Waals surface area contributed by atoms with Crippen LogP contribution in [0.5, 0.6) is 0 Å². The Kier molecular flexibility index (Phi) is 3.61. The minimum Gasteiger partial charge on any atom is -0.394 e. The van der Waals surface area contributed by atoms with Crippen LogP contribution in [0, 0.1) is 22.2 Å². The topological polar surface area (TPSA) is 69.6 Å². The third kappa shape index (κ3) is 2.85. The van der Waals surface area contributed by atoms with E-state index in [1.807, 2.05) is 0 Å². The van der Waals surface area contributed by atoms with E-state index in [0.717, 1.165) is 5.92 Å². The van der Waals surface area contributed by atoms with E-state index in [1.54, 1.807) is 0 Å². The Bertz CT molecular complexity index is 414. The first-order valence-corrected chi connectivity index (χ1v) is 8.31. The highest BCUT2D eigenvalue weighted by atomic mass is 16.3. The second-order valence-electron chi connectivity index (χ2n) is 8.94. The summed E-state index contributed by atoms with van der Waals surface area (Å²) in [6.07, 6.45) is 8.07. The molecule has 21 heavy (non-hydrogen) atoms. The van der Waals surface area contributed by atoms with Crippen LogP contribution in [0.25, 0.3) is 0 Å². The Morgan fingerprint density at radius 1 is 1.10 bits per heavy atom. The predicted octanol–water partition coefficient (Wildman–Crippen LogP) is 1.84. The van der Waals surface area contributed by atoms with E-state index in [-0.39, 0.29) is 24.5 Å². The first-order valence-electron chi connectivity index (χ1n) is 8.31. The average molecular weight is 295 g/mol. The molecule has 4 heteroatoms. The molecule has 4 bridgehead atoms. The summed E-state index contributed by atoms with van der Waals surface area (Å²) >= 11 is 0. The van der Waals surface area contributed by atoms with E-state index in [1.165, 1.54) is 38.5 Å². The highest BCUT2D eigenvalue weighted by molar-refractivity contribution is 5.77. The van der Waals surface area contributed by atoms with Crippen molar-refractivity contribution in [2.75, 3.05) is 13.2 Å². The van der Waals surface area contributed by atoms with Crippen LogP contribution in [-0.4, -0.2) is 35.4 Å². The van der Waals surface area contributed by atoms with Crippen LogP contribution in [0.3, 0.4) is 0 Å². The van der Waals surface area contributed by atoms with Crippen LogP contribution < -0.4 is 5.32 Å². The smallest absolute Gasteiger partial charge is 0.220 e. The number of carbonyl (C=O) groups excluding carboxylic acids is 1. The zero-order valence-electron chi connectivity index (χ0n) is 13.3. The number of amides is 1. The van der Waals surface area contributed by atoms with Gasteiger partial charge in [-0.2, -0.15) is 0 Å². The van der Waals surface area contributed by atoms with Crippen molar-refractivity contribution in [3.63, 3.8) is 0 Å². The van der Waals surface area contributed by atoms with Gasteiger partial charge in [0.25, 0.3) is 0 Å². The van der Waals surface area contributed by atoms with Crippen molar-refractivity contribution in [2.24, 2.45) is 22.2 Å². The number of nitrogens with one attached hydrogen (secondary N) is 1. The average Bonchev–Trinajstić information content (AvgIpc) is 2.30. The largest absolute Gasteiger partial charge is 0.394 e. The summed E-state index contributed by atoms with van der Waals surface area (Å²) in [4.78, 5) is 12.3. The van der Waals surface area contributed by atoms with E-state index in [0.29, 0.717) is 17.3 Å². The normalized spacial score (nSPS) is 44.3. The van der Waals surface area contributed by atoms with Crippen LogP contribution in [0.15, 0.2) is 0 Å². The van der Waals surface area contributed by atoms with E-state index in [9.17, 15) is 4.79 Å². The molecular weight excluding hydrogens is 266 g/mol. The number of aliphatic hydroxyl groups excluding tert-OH is 2. The molecule has 2 unspecified atom stereocenters. The Hall–Kier alpha value is -0.610. The number of carbonyl (C=O) groups is 1. The highest BCUT2D eigenvalue weighted by Gasteiger charge is 2.60. The minimum atomic E-state index is -0.516. The lowest BCUT2D eigenvalue weighted by molar-refractivity contribution is -0.156. The van der Waals surface area contributed by atoms with Gasteiger partial charge in [-0.25, -0.2) is 0 Å². The SMILES string of the molecule is CC12CC3CC(C)(C1)CC(CC(=O)NC(CO)CO)(C3)C2. The molecule has 0 aliphatic heterocycles. The number of hydrogen-bond donors (Lipinski definition) is 3. The lowest BCUT2D eigenvalue weighted by Crippen LogP contribution is -2.56. The molecule has 0 aromatic carbocycles. The summed E-state index contributed by atoms with van der Waals surface area (Å²) in [6.45, 7) is 4.42. The van der Waals surface area contributed by atoms with Crippen molar-refractivity contribution in [1.82, 2.24) is 5.32 Å². The molecule has 1 amide bonds. The van der Waals surface area contributed by atoms with Gasteiger partial charge < -0.3 is 15.5 Å². The fourth-order valence-electron chi connectivity index (χ4n) is 6.65. The molecule has 0 aromatic heterocycles. The van der Waals surface area contributed by atoms with Gasteiger partial charge in [-0.1, -0.05) is 13.8 Å². The first-order chi connectivity index (χ1) is 9.79. The predicted molar refractivity (Wildman–Crippen MR) is 80.6 cm³/mol. The fraction of sp³-hybridized carbons (Fsp3) is 0.941. The second-order valence-corrected chi connectivity index (χ2v) is 8.94. The maximum Gasteiger partial charge on any atom is 0.220 e. The van der Waals surface area contributed by atoms with Gasteiger partial charge in [-0.3, -0.25) is 4.79 Å². The van der Waals surface area contributed by atoms with E-state index in [4.69, 9.17) is 10.2 Å². The summed E-state index contributed by atoms with van der Waals surface area (Å²) in [5.74, 6) is 0.785. The van der Waals surface area contributed by atoms with Gasteiger partial charge in [0.1, 0.15) is 0 Å². The van der Waals surface area contributed by atoms with Gasteiger partial charge in [0, 0.05) is 6.42 Å². The van der Waals surface area contributed by atoms with Gasteiger partial charge in [-0.05, 0) is 60.7 Å². The number of hydrogen-bond acceptors (Lipinski definition) is 3. The monoisotopic (exact) mass is 295 g/mol. The van der Waals surface area contributed by atoms with E-state index in [2.05, 4.69) is 19.2 Å². The molecule has 3 N–H and O–H groups in total. The summed E-state index contributed by atoms with van der Waals surface area (Å²) < 4.78 is 0. The summed E-state index contributed by atoms with van der Waals surface area (Å²) in [5.41, 5.74) is 0.992. The van der Waals surface area contributed by atoms with Gasteiger partial charge >= 0.3 is 0 Å². The fourth-order valence-corrected chi connectivity index (χ4v) is 6.65. The molecule has 0 heterocycles. The Morgan fingerprint density at radius 3 is 2.14 bits per heavy atom. The van der Waals surface area contributed by atoms with Crippen LogP contribution >= 0.6 is 0 Å². The van der Waals surface area contributed by atoms with E-state index >= 15 is 0 Å².